The molecule has 7 heteroatoms. The molecule has 0 saturated carbocycles. The number of ether oxygens (including phenoxy) is 1. The molecule has 0 unspecified atom stereocenters. The van der Waals surface area contributed by atoms with Crippen LogP contribution in [0, 0.1) is 5.82 Å². The second-order valence-electron chi connectivity index (χ2n) is 6.77. The first-order valence-corrected chi connectivity index (χ1v) is 9.54. The summed E-state index contributed by atoms with van der Waals surface area (Å²) in [4.78, 5) is 2.22. The topological polar surface area (TPSA) is 50.5 Å². The van der Waals surface area contributed by atoms with E-state index in [9.17, 15) is 9.50 Å². The van der Waals surface area contributed by atoms with E-state index >= 15 is 0 Å². The van der Waals surface area contributed by atoms with Crippen molar-refractivity contribution in [3.63, 3.8) is 0 Å². The zero-order valence-corrected chi connectivity index (χ0v) is 16.0. The molecule has 0 spiro atoms. The van der Waals surface area contributed by atoms with Gasteiger partial charge in [-0.1, -0.05) is 41.9 Å². The van der Waals surface area contributed by atoms with Gasteiger partial charge < -0.3 is 9.84 Å². The first kappa shape index (κ1) is 19.1. The largest absolute Gasteiger partial charge is 0.394 e. The predicted octanol–water partition coefficient (Wildman–Crippen LogP) is 3.60. The average Bonchev–Trinajstić information content (AvgIpc) is 3.17. The van der Waals surface area contributed by atoms with Crippen LogP contribution in [0.4, 0.5) is 4.39 Å². The van der Waals surface area contributed by atoms with Gasteiger partial charge in [-0.25, -0.2) is 9.07 Å². The van der Waals surface area contributed by atoms with Gasteiger partial charge in [0.05, 0.1) is 25.5 Å². The summed E-state index contributed by atoms with van der Waals surface area (Å²) in [6, 6.07) is 14.0. The molecule has 0 amide bonds. The fourth-order valence-electron chi connectivity index (χ4n) is 3.67. The Morgan fingerprint density at radius 3 is 2.75 bits per heavy atom. The summed E-state index contributed by atoms with van der Waals surface area (Å²) in [5.74, 6) is -0.321. The van der Waals surface area contributed by atoms with E-state index in [1.807, 2.05) is 30.5 Å². The minimum Gasteiger partial charge on any atom is -0.394 e. The standard InChI is InChI=1S/C21H21ClFN3O2/c22-17-6-2-1-5-16(17)21-20(14-27)28-10-9-25(21)12-15-11-24-26(13-15)19-8-4-3-7-18(19)23/h1-8,11,13,20-21,27H,9-10,12,14H2/t20-,21-/m0/s1. The zero-order chi connectivity index (χ0) is 19.5. The van der Waals surface area contributed by atoms with Crippen LogP contribution in [0.15, 0.2) is 60.9 Å². The van der Waals surface area contributed by atoms with Gasteiger partial charge in [0.1, 0.15) is 17.6 Å². The van der Waals surface area contributed by atoms with Crippen LogP contribution < -0.4 is 0 Å². The van der Waals surface area contributed by atoms with Crippen molar-refractivity contribution in [3.05, 3.63) is 82.9 Å². The molecule has 0 bridgehead atoms. The number of aliphatic hydroxyl groups excluding tert-OH is 1. The molecular formula is C21H21ClFN3O2. The van der Waals surface area contributed by atoms with Gasteiger partial charge in [0.15, 0.2) is 0 Å². The van der Waals surface area contributed by atoms with Gasteiger partial charge in [-0.05, 0) is 23.8 Å². The summed E-state index contributed by atoms with van der Waals surface area (Å²) >= 11 is 6.43. The number of para-hydroxylation sites is 1. The van der Waals surface area contributed by atoms with Gasteiger partial charge in [0.2, 0.25) is 0 Å². The molecule has 5 nitrogen and oxygen atoms in total. The van der Waals surface area contributed by atoms with Crippen LogP contribution in [-0.2, 0) is 11.3 Å². The van der Waals surface area contributed by atoms with Crippen LogP contribution in [0.2, 0.25) is 5.02 Å². The van der Waals surface area contributed by atoms with E-state index < -0.39 is 0 Å². The lowest BCUT2D eigenvalue weighted by atomic mass is 9.98. The highest BCUT2D eigenvalue weighted by molar-refractivity contribution is 6.31. The van der Waals surface area contributed by atoms with E-state index in [0.29, 0.717) is 30.4 Å². The smallest absolute Gasteiger partial charge is 0.148 e. The maximum absolute atomic E-state index is 14.0. The van der Waals surface area contributed by atoms with E-state index in [0.717, 1.165) is 11.1 Å². The highest BCUT2D eigenvalue weighted by Gasteiger charge is 2.34. The summed E-state index contributed by atoms with van der Waals surface area (Å²) in [5, 5.41) is 14.8. The molecule has 4 rings (SSSR count). The summed E-state index contributed by atoms with van der Waals surface area (Å²) < 4.78 is 21.4. The third kappa shape index (κ3) is 3.82. The number of hydrogen-bond acceptors (Lipinski definition) is 4. The Morgan fingerprint density at radius 1 is 1.18 bits per heavy atom. The average molecular weight is 402 g/mol. The Hall–Kier alpha value is -2.25. The second-order valence-corrected chi connectivity index (χ2v) is 7.18. The third-order valence-electron chi connectivity index (χ3n) is 4.98. The van der Waals surface area contributed by atoms with Crippen molar-refractivity contribution in [1.82, 2.24) is 14.7 Å². The number of aliphatic hydroxyl groups is 1. The Labute approximate surface area is 167 Å². The van der Waals surface area contributed by atoms with Crippen molar-refractivity contribution in [2.24, 2.45) is 0 Å². The highest BCUT2D eigenvalue weighted by Crippen LogP contribution is 2.34. The molecule has 28 heavy (non-hydrogen) atoms. The molecule has 3 aromatic rings. The Morgan fingerprint density at radius 2 is 1.96 bits per heavy atom. The molecule has 0 aliphatic carbocycles. The Kier molecular flexibility index (Phi) is 5.73. The molecule has 1 N–H and O–H groups in total. The lowest BCUT2D eigenvalue weighted by molar-refractivity contribution is -0.0960. The lowest BCUT2D eigenvalue weighted by Gasteiger charge is -2.41. The quantitative estimate of drug-likeness (QED) is 0.709. The normalized spacial score (nSPS) is 20.4. The number of aromatic nitrogens is 2. The number of morpholine rings is 1. The summed E-state index contributed by atoms with van der Waals surface area (Å²) in [5.41, 5.74) is 2.27. The summed E-state index contributed by atoms with van der Waals surface area (Å²) in [6.07, 6.45) is 3.20. The van der Waals surface area contributed by atoms with Gasteiger partial charge in [-0.3, -0.25) is 4.90 Å². The van der Waals surface area contributed by atoms with E-state index in [1.165, 1.54) is 6.07 Å². The van der Waals surface area contributed by atoms with Gasteiger partial charge in [-0.15, -0.1) is 0 Å². The minimum atomic E-state index is -0.365. The Bertz CT molecular complexity index is 949. The monoisotopic (exact) mass is 401 g/mol. The summed E-state index contributed by atoms with van der Waals surface area (Å²) in [7, 11) is 0. The minimum absolute atomic E-state index is 0.0964. The van der Waals surface area contributed by atoms with Crippen molar-refractivity contribution < 1.29 is 14.2 Å². The first-order chi connectivity index (χ1) is 13.7. The second kappa shape index (κ2) is 8.41. The Balaban J connectivity index is 1.61. The van der Waals surface area contributed by atoms with Crippen LogP contribution in [0.1, 0.15) is 17.2 Å². The predicted molar refractivity (Wildman–Crippen MR) is 105 cm³/mol. The van der Waals surface area contributed by atoms with E-state index in [4.69, 9.17) is 16.3 Å². The van der Waals surface area contributed by atoms with Crippen LogP contribution in [0.5, 0.6) is 0 Å². The molecule has 1 aliphatic rings. The molecule has 146 valence electrons. The fraction of sp³-hybridized carbons (Fsp3) is 0.286. The van der Waals surface area contributed by atoms with Gasteiger partial charge in [-0.2, -0.15) is 5.10 Å². The van der Waals surface area contributed by atoms with Crippen LogP contribution in [-0.4, -0.2) is 45.6 Å². The van der Waals surface area contributed by atoms with Gasteiger partial charge in [0.25, 0.3) is 0 Å². The number of halogens is 2. The van der Waals surface area contributed by atoms with E-state index in [-0.39, 0.29) is 24.6 Å². The summed E-state index contributed by atoms with van der Waals surface area (Å²) in [6.45, 7) is 1.70. The number of nitrogens with zero attached hydrogens (tertiary/aromatic N) is 3. The highest BCUT2D eigenvalue weighted by atomic mass is 35.5. The molecule has 1 fully saturated rings. The molecule has 1 aromatic heterocycles. The zero-order valence-electron chi connectivity index (χ0n) is 15.2. The molecular weight excluding hydrogens is 381 g/mol. The molecule has 1 aliphatic heterocycles. The fourth-order valence-corrected chi connectivity index (χ4v) is 3.92. The first-order valence-electron chi connectivity index (χ1n) is 9.17. The number of hydrogen-bond donors (Lipinski definition) is 1. The van der Waals surface area contributed by atoms with Gasteiger partial charge in [0, 0.05) is 29.9 Å². The number of rotatable bonds is 5. The molecule has 2 aromatic carbocycles. The van der Waals surface area contributed by atoms with E-state index in [1.54, 1.807) is 29.1 Å². The molecule has 2 atom stereocenters. The van der Waals surface area contributed by atoms with Crippen LogP contribution in [0.3, 0.4) is 0 Å². The van der Waals surface area contributed by atoms with Gasteiger partial charge >= 0.3 is 0 Å². The lowest BCUT2D eigenvalue weighted by Crippen LogP contribution is -2.46. The van der Waals surface area contributed by atoms with Crippen molar-refractivity contribution in [3.8, 4) is 5.69 Å². The van der Waals surface area contributed by atoms with Crippen molar-refractivity contribution in [2.45, 2.75) is 18.7 Å². The maximum atomic E-state index is 14.0. The van der Waals surface area contributed by atoms with Crippen molar-refractivity contribution in [1.29, 1.82) is 0 Å². The third-order valence-corrected chi connectivity index (χ3v) is 5.33. The van der Waals surface area contributed by atoms with E-state index in [2.05, 4.69) is 10.00 Å². The molecule has 0 radical (unpaired) electrons. The molecule has 2 heterocycles. The van der Waals surface area contributed by atoms with Crippen molar-refractivity contribution >= 4 is 11.6 Å². The van der Waals surface area contributed by atoms with Crippen LogP contribution >= 0.6 is 11.6 Å². The van der Waals surface area contributed by atoms with Crippen LogP contribution in [0.25, 0.3) is 5.69 Å². The number of benzene rings is 2. The maximum Gasteiger partial charge on any atom is 0.148 e. The SMILES string of the molecule is OC[C@@H]1OCCN(Cc2cnn(-c3ccccc3F)c2)[C@H]1c1ccccc1Cl. The molecule has 1 saturated heterocycles. The van der Waals surface area contributed by atoms with Crippen molar-refractivity contribution in [2.75, 3.05) is 19.8 Å².